The molecular weight excluding hydrogens is 292 g/mol. The molecule has 3 N–H and O–H groups in total. The molecule has 0 aromatic carbocycles. The number of amidine groups is 1. The molecule has 1 aromatic rings. The maximum Gasteiger partial charge on any atom is 0.260 e. The van der Waals surface area contributed by atoms with E-state index in [2.05, 4.69) is 5.10 Å². The molecule has 0 aliphatic carbocycles. The molecule has 0 amide bonds. The Hall–Kier alpha value is -1.45. The van der Waals surface area contributed by atoms with Gasteiger partial charge in [-0.3, -0.25) is 15.0 Å². The molecule has 0 radical (unpaired) electrons. The van der Waals surface area contributed by atoms with Gasteiger partial charge < -0.3 is 5.73 Å². The molecule has 0 saturated carbocycles. The summed E-state index contributed by atoms with van der Waals surface area (Å²) in [5, 5.41) is 11.7. The van der Waals surface area contributed by atoms with E-state index in [9.17, 15) is 8.42 Å². The van der Waals surface area contributed by atoms with E-state index in [0.29, 0.717) is 26.2 Å². The number of aryl methyl sites for hydroxylation is 1. The Morgan fingerprint density at radius 2 is 1.90 bits per heavy atom. The second kappa shape index (κ2) is 5.39. The van der Waals surface area contributed by atoms with Gasteiger partial charge in [0.1, 0.15) is 5.84 Å². The summed E-state index contributed by atoms with van der Waals surface area (Å²) in [5.41, 5.74) is 5.06. The van der Waals surface area contributed by atoms with E-state index in [1.165, 1.54) is 21.3 Å². The average Bonchev–Trinajstić information content (AvgIpc) is 2.85. The fourth-order valence-corrected chi connectivity index (χ4v) is 3.93. The fourth-order valence-electron chi connectivity index (χ4n) is 2.40. The molecule has 21 heavy (non-hydrogen) atoms. The van der Waals surface area contributed by atoms with E-state index in [0.717, 1.165) is 0 Å². The SMILES string of the molecule is Cn1nccc1S(=O)(=O)N1CCN(C(C)(C)C(=N)N)CC1. The van der Waals surface area contributed by atoms with E-state index < -0.39 is 15.6 Å². The van der Waals surface area contributed by atoms with Crippen LogP contribution in [0.1, 0.15) is 13.8 Å². The Morgan fingerprint density at radius 1 is 1.33 bits per heavy atom. The summed E-state index contributed by atoms with van der Waals surface area (Å²) < 4.78 is 27.9. The minimum atomic E-state index is -3.52. The number of hydrogen-bond donors (Lipinski definition) is 2. The van der Waals surface area contributed by atoms with Crippen molar-refractivity contribution in [2.24, 2.45) is 12.8 Å². The number of nitrogens with one attached hydrogen (secondary N) is 1. The minimum absolute atomic E-state index is 0.0884. The Kier molecular flexibility index (Phi) is 4.09. The lowest BCUT2D eigenvalue weighted by Crippen LogP contribution is -2.60. The van der Waals surface area contributed by atoms with Gasteiger partial charge in [-0.25, -0.2) is 8.42 Å². The van der Waals surface area contributed by atoms with Crippen LogP contribution in [0, 0.1) is 5.41 Å². The predicted octanol–water partition coefficient (Wildman–Crippen LogP) is -0.559. The summed E-state index contributed by atoms with van der Waals surface area (Å²) in [5.74, 6) is 0.0884. The fraction of sp³-hybridized carbons (Fsp3) is 0.667. The molecule has 9 heteroatoms. The highest BCUT2D eigenvalue weighted by molar-refractivity contribution is 7.89. The number of sulfonamides is 1. The number of nitrogens with zero attached hydrogens (tertiary/aromatic N) is 4. The monoisotopic (exact) mass is 314 g/mol. The molecule has 0 bridgehead atoms. The van der Waals surface area contributed by atoms with Crippen LogP contribution in [0.5, 0.6) is 0 Å². The highest BCUT2D eigenvalue weighted by atomic mass is 32.2. The van der Waals surface area contributed by atoms with Gasteiger partial charge >= 0.3 is 0 Å². The molecule has 2 heterocycles. The van der Waals surface area contributed by atoms with Gasteiger partial charge in [0.15, 0.2) is 5.03 Å². The number of rotatable bonds is 4. The average molecular weight is 314 g/mol. The maximum atomic E-state index is 12.5. The van der Waals surface area contributed by atoms with E-state index in [1.54, 1.807) is 7.05 Å². The molecule has 1 aliphatic rings. The first-order valence-electron chi connectivity index (χ1n) is 6.75. The van der Waals surface area contributed by atoms with Crippen molar-refractivity contribution in [3.8, 4) is 0 Å². The normalized spacial score (nSPS) is 18.8. The zero-order valence-electron chi connectivity index (χ0n) is 12.6. The zero-order chi connectivity index (χ0) is 15.8. The maximum absolute atomic E-state index is 12.5. The molecule has 1 saturated heterocycles. The van der Waals surface area contributed by atoms with Crippen molar-refractivity contribution in [2.45, 2.75) is 24.4 Å². The van der Waals surface area contributed by atoms with Crippen molar-refractivity contribution < 1.29 is 8.42 Å². The number of piperazine rings is 1. The van der Waals surface area contributed by atoms with Gasteiger partial charge in [-0.15, -0.1) is 0 Å². The largest absolute Gasteiger partial charge is 0.386 e. The van der Waals surface area contributed by atoms with Crippen LogP contribution in [-0.2, 0) is 17.1 Å². The number of aromatic nitrogens is 2. The third-order valence-corrected chi connectivity index (χ3v) is 6.04. The lowest BCUT2D eigenvalue weighted by molar-refractivity contribution is 0.121. The Bertz CT molecular complexity index is 628. The van der Waals surface area contributed by atoms with E-state index in [1.807, 2.05) is 18.7 Å². The van der Waals surface area contributed by atoms with Gasteiger partial charge in [0.25, 0.3) is 10.0 Å². The Morgan fingerprint density at radius 3 is 2.33 bits per heavy atom. The summed E-state index contributed by atoms with van der Waals surface area (Å²) in [6.45, 7) is 5.60. The molecule has 0 spiro atoms. The first kappa shape index (κ1) is 15.9. The molecule has 118 valence electrons. The van der Waals surface area contributed by atoms with Gasteiger partial charge in [0.05, 0.1) is 11.7 Å². The molecule has 1 fully saturated rings. The van der Waals surface area contributed by atoms with Crippen LogP contribution >= 0.6 is 0 Å². The zero-order valence-corrected chi connectivity index (χ0v) is 13.4. The molecule has 1 aliphatic heterocycles. The highest BCUT2D eigenvalue weighted by Crippen LogP contribution is 2.21. The van der Waals surface area contributed by atoms with Crippen molar-refractivity contribution in [3.63, 3.8) is 0 Å². The lowest BCUT2D eigenvalue weighted by atomic mass is 10.0. The van der Waals surface area contributed by atoms with E-state index in [4.69, 9.17) is 11.1 Å². The first-order valence-corrected chi connectivity index (χ1v) is 8.19. The van der Waals surface area contributed by atoms with Crippen LogP contribution in [0.25, 0.3) is 0 Å². The third kappa shape index (κ3) is 2.81. The quantitative estimate of drug-likeness (QED) is 0.572. The smallest absolute Gasteiger partial charge is 0.260 e. The van der Waals surface area contributed by atoms with Crippen LogP contribution in [0.15, 0.2) is 17.3 Å². The van der Waals surface area contributed by atoms with E-state index in [-0.39, 0.29) is 10.9 Å². The molecule has 0 atom stereocenters. The first-order chi connectivity index (χ1) is 9.67. The van der Waals surface area contributed by atoms with Crippen molar-refractivity contribution in [1.29, 1.82) is 5.41 Å². The van der Waals surface area contributed by atoms with Crippen molar-refractivity contribution in [2.75, 3.05) is 26.2 Å². The van der Waals surface area contributed by atoms with Crippen LogP contribution in [0.4, 0.5) is 0 Å². The highest BCUT2D eigenvalue weighted by Gasteiger charge is 2.36. The van der Waals surface area contributed by atoms with Gasteiger partial charge in [-0.1, -0.05) is 0 Å². The summed E-state index contributed by atoms with van der Waals surface area (Å²) in [7, 11) is -1.90. The molecule has 8 nitrogen and oxygen atoms in total. The van der Waals surface area contributed by atoms with Gasteiger partial charge in [0, 0.05) is 33.2 Å². The summed E-state index contributed by atoms with van der Waals surface area (Å²) in [4.78, 5) is 2.03. The summed E-state index contributed by atoms with van der Waals surface area (Å²) >= 11 is 0. The van der Waals surface area contributed by atoms with Gasteiger partial charge in [0.2, 0.25) is 0 Å². The minimum Gasteiger partial charge on any atom is -0.386 e. The molecule has 2 rings (SSSR count). The van der Waals surface area contributed by atoms with Crippen LogP contribution < -0.4 is 5.73 Å². The van der Waals surface area contributed by atoms with Crippen LogP contribution in [0.2, 0.25) is 0 Å². The number of nitrogens with two attached hydrogens (primary N) is 1. The standard InChI is InChI=1S/C12H22N6O2S/c1-12(2,11(13)14)17-6-8-18(9-7-17)21(19,20)10-4-5-15-16(10)3/h4-5H,6-9H2,1-3H3,(H3,13,14). The van der Waals surface area contributed by atoms with Crippen LogP contribution in [-0.4, -0.2) is 65.0 Å². The van der Waals surface area contributed by atoms with Crippen LogP contribution in [0.3, 0.4) is 0 Å². The Balaban J connectivity index is 2.12. The molecule has 0 unspecified atom stereocenters. The van der Waals surface area contributed by atoms with Crippen molar-refractivity contribution >= 4 is 15.9 Å². The predicted molar refractivity (Wildman–Crippen MR) is 79.5 cm³/mol. The third-order valence-electron chi connectivity index (χ3n) is 4.07. The van der Waals surface area contributed by atoms with Crippen molar-refractivity contribution in [3.05, 3.63) is 12.3 Å². The molecular formula is C12H22N6O2S. The number of hydrogen-bond acceptors (Lipinski definition) is 5. The van der Waals surface area contributed by atoms with Crippen molar-refractivity contribution in [1.82, 2.24) is 19.0 Å². The van der Waals surface area contributed by atoms with E-state index >= 15 is 0 Å². The van der Waals surface area contributed by atoms with Gasteiger partial charge in [-0.2, -0.15) is 9.40 Å². The molecule has 1 aromatic heterocycles. The summed E-state index contributed by atoms with van der Waals surface area (Å²) in [6.07, 6.45) is 1.47. The lowest BCUT2D eigenvalue weighted by Gasteiger charge is -2.42. The second-order valence-electron chi connectivity index (χ2n) is 5.66. The summed E-state index contributed by atoms with van der Waals surface area (Å²) in [6, 6.07) is 1.50. The topological polar surface area (TPSA) is 108 Å². The Labute approximate surface area is 125 Å². The second-order valence-corrected chi connectivity index (χ2v) is 7.54. The van der Waals surface area contributed by atoms with Gasteiger partial charge in [-0.05, 0) is 19.9 Å².